The van der Waals surface area contributed by atoms with Crippen LogP contribution in [0, 0.1) is 11.7 Å². The molecule has 6 heteroatoms. The highest BCUT2D eigenvalue weighted by molar-refractivity contribution is 7.89. The molecule has 0 saturated carbocycles. The quantitative estimate of drug-likeness (QED) is 0.876. The minimum atomic E-state index is -3.65. The number of hydrogen-bond acceptors (Lipinski definition) is 3. The molecule has 0 amide bonds. The molecule has 1 unspecified atom stereocenters. The molecular weight excluding hydrogens is 291 g/mol. The summed E-state index contributed by atoms with van der Waals surface area (Å²) in [6.07, 6.45) is 2.05. The zero-order chi connectivity index (χ0) is 15.5. The van der Waals surface area contributed by atoms with E-state index in [-0.39, 0.29) is 16.9 Å². The van der Waals surface area contributed by atoms with Crippen LogP contribution in [0.2, 0.25) is 0 Å². The Morgan fingerprint density at radius 1 is 1.43 bits per heavy atom. The fourth-order valence-corrected chi connectivity index (χ4v) is 4.29. The summed E-state index contributed by atoms with van der Waals surface area (Å²) >= 11 is 0. The highest BCUT2D eigenvalue weighted by atomic mass is 32.2. The van der Waals surface area contributed by atoms with Crippen LogP contribution in [0.1, 0.15) is 26.7 Å². The second-order valence-corrected chi connectivity index (χ2v) is 7.90. The molecule has 0 aliphatic carbocycles. The number of sulfonamides is 1. The summed E-state index contributed by atoms with van der Waals surface area (Å²) in [7, 11) is -3.65. The summed E-state index contributed by atoms with van der Waals surface area (Å²) in [6.45, 7) is 5.78. The van der Waals surface area contributed by atoms with Gasteiger partial charge in [-0.05, 0) is 43.5 Å². The number of halogens is 1. The van der Waals surface area contributed by atoms with E-state index in [0.29, 0.717) is 13.1 Å². The number of benzene rings is 1. The van der Waals surface area contributed by atoms with Gasteiger partial charge in [-0.25, -0.2) is 12.8 Å². The Morgan fingerprint density at radius 2 is 2.19 bits per heavy atom. The Hall–Kier alpha value is -0.980. The highest BCUT2D eigenvalue weighted by Gasteiger charge is 2.29. The van der Waals surface area contributed by atoms with Gasteiger partial charge in [-0.1, -0.05) is 19.9 Å². The standard InChI is InChI=1S/C15H23FN2O2S/c1-12(2)10-18(11-14-6-4-8-17-14)21(19,20)15-7-3-5-13(16)9-15/h3,5,7,9,12,14,17H,4,6,8,10-11H2,1-2H3. The molecule has 1 aromatic rings. The molecular formula is C15H23FN2O2S. The third-order valence-electron chi connectivity index (χ3n) is 3.59. The highest BCUT2D eigenvalue weighted by Crippen LogP contribution is 2.20. The molecule has 4 nitrogen and oxygen atoms in total. The molecule has 1 fully saturated rings. The molecule has 0 radical (unpaired) electrons. The Bertz CT molecular complexity index is 569. The summed E-state index contributed by atoms with van der Waals surface area (Å²) in [5.41, 5.74) is 0. The van der Waals surface area contributed by atoms with Crippen molar-refractivity contribution in [1.82, 2.24) is 9.62 Å². The summed E-state index contributed by atoms with van der Waals surface area (Å²) < 4.78 is 40.3. The minimum Gasteiger partial charge on any atom is -0.313 e. The Balaban J connectivity index is 2.24. The zero-order valence-corrected chi connectivity index (χ0v) is 13.4. The van der Waals surface area contributed by atoms with Crippen LogP contribution in [-0.4, -0.2) is 38.4 Å². The molecule has 0 spiro atoms. The lowest BCUT2D eigenvalue weighted by molar-refractivity contribution is 0.336. The fourth-order valence-electron chi connectivity index (χ4n) is 2.61. The van der Waals surface area contributed by atoms with Crippen LogP contribution in [0.3, 0.4) is 0 Å². The van der Waals surface area contributed by atoms with Crippen LogP contribution in [0.15, 0.2) is 29.2 Å². The molecule has 0 aromatic heterocycles. The number of nitrogens with one attached hydrogen (secondary N) is 1. The van der Waals surface area contributed by atoms with Crippen molar-refractivity contribution >= 4 is 10.0 Å². The molecule has 0 bridgehead atoms. The minimum absolute atomic E-state index is 0.0288. The first kappa shape index (κ1) is 16.4. The normalized spacial score (nSPS) is 19.6. The second kappa shape index (κ2) is 6.85. The predicted octanol–water partition coefficient (Wildman–Crippen LogP) is 2.22. The van der Waals surface area contributed by atoms with Crippen LogP contribution in [-0.2, 0) is 10.0 Å². The summed E-state index contributed by atoms with van der Waals surface area (Å²) in [5.74, 6) is -0.311. The van der Waals surface area contributed by atoms with E-state index in [1.165, 1.54) is 22.5 Å². The summed E-state index contributed by atoms with van der Waals surface area (Å²) in [6, 6.07) is 5.42. The Kier molecular flexibility index (Phi) is 5.35. The molecule has 1 saturated heterocycles. The molecule has 1 N–H and O–H groups in total. The smallest absolute Gasteiger partial charge is 0.243 e. The predicted molar refractivity (Wildman–Crippen MR) is 81.0 cm³/mol. The van der Waals surface area contributed by atoms with Crippen molar-refractivity contribution < 1.29 is 12.8 Å². The lowest BCUT2D eigenvalue weighted by atomic mass is 10.2. The van der Waals surface area contributed by atoms with Gasteiger partial charge in [-0.2, -0.15) is 4.31 Å². The van der Waals surface area contributed by atoms with Gasteiger partial charge in [0.2, 0.25) is 10.0 Å². The van der Waals surface area contributed by atoms with Crippen LogP contribution >= 0.6 is 0 Å². The van der Waals surface area contributed by atoms with Gasteiger partial charge in [0, 0.05) is 19.1 Å². The number of nitrogens with zero attached hydrogens (tertiary/aromatic N) is 1. The molecule has 21 heavy (non-hydrogen) atoms. The van der Waals surface area contributed by atoms with Gasteiger partial charge in [-0.15, -0.1) is 0 Å². The van der Waals surface area contributed by atoms with Gasteiger partial charge in [-0.3, -0.25) is 0 Å². The van der Waals surface area contributed by atoms with Crippen molar-refractivity contribution in [3.63, 3.8) is 0 Å². The Morgan fingerprint density at radius 3 is 2.76 bits per heavy atom. The lowest BCUT2D eigenvalue weighted by Crippen LogP contribution is -2.42. The third-order valence-corrected chi connectivity index (χ3v) is 5.42. The van der Waals surface area contributed by atoms with E-state index >= 15 is 0 Å². The molecule has 1 heterocycles. The van der Waals surface area contributed by atoms with E-state index in [1.807, 2.05) is 13.8 Å². The van der Waals surface area contributed by atoms with Crippen molar-refractivity contribution in [3.05, 3.63) is 30.1 Å². The van der Waals surface area contributed by atoms with Crippen LogP contribution in [0.25, 0.3) is 0 Å². The van der Waals surface area contributed by atoms with Crippen molar-refractivity contribution in [1.29, 1.82) is 0 Å². The van der Waals surface area contributed by atoms with E-state index in [4.69, 9.17) is 0 Å². The van der Waals surface area contributed by atoms with E-state index in [1.54, 1.807) is 0 Å². The van der Waals surface area contributed by atoms with Crippen molar-refractivity contribution in [2.45, 2.75) is 37.6 Å². The van der Waals surface area contributed by atoms with Gasteiger partial charge in [0.1, 0.15) is 5.82 Å². The van der Waals surface area contributed by atoms with E-state index in [0.717, 1.165) is 25.5 Å². The third kappa shape index (κ3) is 4.25. The van der Waals surface area contributed by atoms with Gasteiger partial charge in [0.05, 0.1) is 4.90 Å². The van der Waals surface area contributed by atoms with Crippen LogP contribution in [0.4, 0.5) is 4.39 Å². The first-order valence-electron chi connectivity index (χ1n) is 7.38. The molecule has 2 rings (SSSR count). The maximum Gasteiger partial charge on any atom is 0.243 e. The van der Waals surface area contributed by atoms with Gasteiger partial charge >= 0.3 is 0 Å². The van der Waals surface area contributed by atoms with Gasteiger partial charge < -0.3 is 5.32 Å². The van der Waals surface area contributed by atoms with Crippen molar-refractivity contribution in [2.24, 2.45) is 5.92 Å². The maximum atomic E-state index is 13.3. The van der Waals surface area contributed by atoms with E-state index in [9.17, 15) is 12.8 Å². The molecule has 118 valence electrons. The summed E-state index contributed by atoms with van der Waals surface area (Å²) in [4.78, 5) is 0.0288. The molecule has 1 aliphatic heterocycles. The van der Waals surface area contributed by atoms with Crippen molar-refractivity contribution in [3.8, 4) is 0 Å². The average Bonchev–Trinajstić information content (AvgIpc) is 2.90. The second-order valence-electron chi connectivity index (χ2n) is 5.97. The number of hydrogen-bond donors (Lipinski definition) is 1. The maximum absolute atomic E-state index is 13.3. The molecule has 1 aliphatic rings. The van der Waals surface area contributed by atoms with E-state index < -0.39 is 15.8 Å². The molecule has 1 aromatic carbocycles. The number of rotatable bonds is 6. The van der Waals surface area contributed by atoms with Gasteiger partial charge in [0.25, 0.3) is 0 Å². The fraction of sp³-hybridized carbons (Fsp3) is 0.600. The zero-order valence-electron chi connectivity index (χ0n) is 12.5. The monoisotopic (exact) mass is 314 g/mol. The van der Waals surface area contributed by atoms with Crippen LogP contribution < -0.4 is 5.32 Å². The summed E-state index contributed by atoms with van der Waals surface area (Å²) in [5, 5.41) is 3.32. The SMILES string of the molecule is CC(C)CN(CC1CCCN1)S(=O)(=O)c1cccc(F)c1. The van der Waals surface area contributed by atoms with Crippen molar-refractivity contribution in [2.75, 3.05) is 19.6 Å². The first-order valence-corrected chi connectivity index (χ1v) is 8.82. The van der Waals surface area contributed by atoms with Gasteiger partial charge in [0.15, 0.2) is 0 Å². The lowest BCUT2D eigenvalue weighted by Gasteiger charge is -2.26. The van der Waals surface area contributed by atoms with Crippen LogP contribution in [0.5, 0.6) is 0 Å². The largest absolute Gasteiger partial charge is 0.313 e. The molecule has 1 atom stereocenters. The Labute approximate surface area is 126 Å². The topological polar surface area (TPSA) is 49.4 Å². The first-order chi connectivity index (χ1) is 9.89. The van der Waals surface area contributed by atoms with E-state index in [2.05, 4.69) is 5.32 Å². The average molecular weight is 314 g/mol.